The molecule has 1 aromatic rings. The highest BCUT2D eigenvalue weighted by Crippen LogP contribution is 2.33. The second-order valence-corrected chi connectivity index (χ2v) is 6.53. The lowest BCUT2D eigenvalue weighted by atomic mass is 9.95. The van der Waals surface area contributed by atoms with E-state index in [2.05, 4.69) is 5.32 Å². The summed E-state index contributed by atoms with van der Waals surface area (Å²) in [6, 6.07) is 5.92. The average molecular weight is 336 g/mol. The smallest absolute Gasteiger partial charge is 0.244 e. The number of nitrogens with one attached hydrogen (secondary N) is 1. The van der Waals surface area contributed by atoms with E-state index in [4.69, 9.17) is 21.1 Å². The van der Waals surface area contributed by atoms with E-state index in [1.807, 2.05) is 18.2 Å². The Balaban J connectivity index is 1.61. The second kappa shape index (κ2) is 7.73. The van der Waals surface area contributed by atoms with Gasteiger partial charge in [-0.3, -0.25) is 4.79 Å². The number of rotatable bonds is 3. The standard InChI is InChI=1S/C18H22ClNO3/c19-17-10-11-22-15-8-6-13(12-16(15)23-17)7-9-18(21)20-14-4-2-1-3-5-14/h6-9,12,14,17H,1-5,10-11H2,(H,20,21)/b9-7+. The SMILES string of the molecule is O=C(/C=C/c1ccc2c(c1)OC(Cl)CCO2)NC1CCCCC1. The molecule has 0 radical (unpaired) electrons. The van der Waals surface area contributed by atoms with Gasteiger partial charge >= 0.3 is 0 Å². The van der Waals surface area contributed by atoms with Gasteiger partial charge in [-0.25, -0.2) is 0 Å². The van der Waals surface area contributed by atoms with Crippen molar-refractivity contribution in [1.82, 2.24) is 5.32 Å². The van der Waals surface area contributed by atoms with Crippen LogP contribution in [0.3, 0.4) is 0 Å². The summed E-state index contributed by atoms with van der Waals surface area (Å²) in [5.41, 5.74) is 0.502. The zero-order valence-corrected chi connectivity index (χ0v) is 13.8. The van der Waals surface area contributed by atoms with Crippen LogP contribution in [0.1, 0.15) is 44.1 Å². The summed E-state index contributed by atoms with van der Waals surface area (Å²) in [7, 11) is 0. The van der Waals surface area contributed by atoms with E-state index in [1.54, 1.807) is 12.2 Å². The Labute approximate surface area is 141 Å². The number of amides is 1. The minimum atomic E-state index is -0.384. The molecule has 1 N–H and O–H groups in total. The largest absolute Gasteiger partial charge is 0.490 e. The van der Waals surface area contributed by atoms with Crippen molar-refractivity contribution in [3.05, 3.63) is 29.8 Å². The predicted octanol–water partition coefficient (Wildman–Crippen LogP) is 3.87. The zero-order chi connectivity index (χ0) is 16.1. The summed E-state index contributed by atoms with van der Waals surface area (Å²) in [5.74, 6) is 1.27. The maximum absolute atomic E-state index is 12.0. The van der Waals surface area contributed by atoms with Gasteiger partial charge in [0.25, 0.3) is 0 Å². The van der Waals surface area contributed by atoms with Gasteiger partial charge in [0.1, 0.15) is 0 Å². The lowest BCUT2D eigenvalue weighted by molar-refractivity contribution is -0.117. The van der Waals surface area contributed by atoms with Gasteiger partial charge in [-0.05, 0) is 36.6 Å². The molecule has 1 aromatic carbocycles. The summed E-state index contributed by atoms with van der Waals surface area (Å²) >= 11 is 6.05. The summed E-state index contributed by atoms with van der Waals surface area (Å²) < 4.78 is 11.2. The predicted molar refractivity (Wildman–Crippen MR) is 90.9 cm³/mol. The van der Waals surface area contributed by atoms with E-state index >= 15 is 0 Å². The molecule has 5 heteroatoms. The van der Waals surface area contributed by atoms with E-state index < -0.39 is 0 Å². The Hall–Kier alpha value is -1.68. The molecule has 23 heavy (non-hydrogen) atoms. The van der Waals surface area contributed by atoms with Crippen molar-refractivity contribution in [3.63, 3.8) is 0 Å². The van der Waals surface area contributed by atoms with E-state index in [-0.39, 0.29) is 11.5 Å². The van der Waals surface area contributed by atoms with Crippen LogP contribution in [0.25, 0.3) is 6.08 Å². The third-order valence-electron chi connectivity index (χ3n) is 4.20. The Morgan fingerprint density at radius 3 is 2.83 bits per heavy atom. The number of halogens is 1. The molecule has 1 fully saturated rings. The topological polar surface area (TPSA) is 47.6 Å². The van der Waals surface area contributed by atoms with Crippen LogP contribution in [-0.4, -0.2) is 24.1 Å². The minimum Gasteiger partial charge on any atom is -0.490 e. The average Bonchev–Trinajstić information content (AvgIpc) is 2.74. The van der Waals surface area contributed by atoms with Gasteiger partial charge in [0.15, 0.2) is 17.1 Å². The third kappa shape index (κ3) is 4.64. The first kappa shape index (κ1) is 16.2. The van der Waals surface area contributed by atoms with Crippen LogP contribution in [0.15, 0.2) is 24.3 Å². The first-order valence-corrected chi connectivity index (χ1v) is 8.70. The molecule has 1 saturated carbocycles. The van der Waals surface area contributed by atoms with Crippen LogP contribution < -0.4 is 14.8 Å². The van der Waals surface area contributed by atoms with Crippen LogP contribution >= 0.6 is 11.6 Å². The number of hydrogen-bond acceptors (Lipinski definition) is 3. The molecule has 1 heterocycles. The highest BCUT2D eigenvalue weighted by Gasteiger charge is 2.17. The molecule has 0 spiro atoms. The van der Waals surface area contributed by atoms with Crippen LogP contribution in [0.2, 0.25) is 0 Å². The highest BCUT2D eigenvalue weighted by atomic mass is 35.5. The fourth-order valence-electron chi connectivity index (χ4n) is 2.97. The van der Waals surface area contributed by atoms with E-state index in [9.17, 15) is 4.79 Å². The van der Waals surface area contributed by atoms with Crippen LogP contribution in [0.4, 0.5) is 0 Å². The number of hydrogen-bond donors (Lipinski definition) is 1. The summed E-state index contributed by atoms with van der Waals surface area (Å²) in [6.07, 6.45) is 9.86. The fraction of sp³-hybridized carbons (Fsp3) is 0.500. The van der Waals surface area contributed by atoms with E-state index in [0.717, 1.165) is 18.4 Å². The van der Waals surface area contributed by atoms with Crippen molar-refractivity contribution in [2.45, 2.75) is 50.1 Å². The molecule has 1 unspecified atom stereocenters. The van der Waals surface area contributed by atoms with Gasteiger partial charge in [0, 0.05) is 18.5 Å². The van der Waals surface area contributed by atoms with Gasteiger partial charge in [-0.15, -0.1) is 0 Å². The van der Waals surface area contributed by atoms with Gasteiger partial charge in [0.05, 0.1) is 6.61 Å². The molecule has 1 amide bonds. The molecule has 124 valence electrons. The lowest BCUT2D eigenvalue weighted by Gasteiger charge is -2.21. The molecule has 2 aliphatic rings. The van der Waals surface area contributed by atoms with Gasteiger partial charge in [-0.1, -0.05) is 36.9 Å². The molecule has 1 aliphatic carbocycles. The maximum Gasteiger partial charge on any atom is 0.244 e. The first-order chi connectivity index (χ1) is 11.2. The monoisotopic (exact) mass is 335 g/mol. The molecule has 0 bridgehead atoms. The van der Waals surface area contributed by atoms with Crippen LogP contribution in [0, 0.1) is 0 Å². The Bertz CT molecular complexity index is 582. The van der Waals surface area contributed by atoms with Gasteiger partial charge < -0.3 is 14.8 Å². The minimum absolute atomic E-state index is 0.0424. The van der Waals surface area contributed by atoms with Crippen molar-refractivity contribution < 1.29 is 14.3 Å². The van der Waals surface area contributed by atoms with Crippen molar-refractivity contribution in [2.75, 3.05) is 6.61 Å². The quantitative estimate of drug-likeness (QED) is 0.673. The van der Waals surface area contributed by atoms with Crippen LogP contribution in [0.5, 0.6) is 11.5 Å². The molecule has 0 saturated heterocycles. The third-order valence-corrected chi connectivity index (χ3v) is 4.51. The van der Waals surface area contributed by atoms with Crippen molar-refractivity contribution in [1.29, 1.82) is 0 Å². The molecule has 3 rings (SSSR count). The second-order valence-electron chi connectivity index (χ2n) is 6.05. The fourth-order valence-corrected chi connectivity index (χ4v) is 3.15. The van der Waals surface area contributed by atoms with Crippen molar-refractivity contribution in [3.8, 4) is 11.5 Å². The molecular formula is C18H22ClNO3. The normalized spacial score (nSPS) is 21.9. The molecular weight excluding hydrogens is 314 g/mol. The number of alkyl halides is 1. The van der Waals surface area contributed by atoms with Crippen molar-refractivity contribution in [2.24, 2.45) is 0 Å². The summed E-state index contributed by atoms with van der Waals surface area (Å²) in [4.78, 5) is 12.0. The first-order valence-electron chi connectivity index (χ1n) is 8.27. The summed E-state index contributed by atoms with van der Waals surface area (Å²) in [6.45, 7) is 0.542. The number of carbonyl (C=O) groups excluding carboxylic acids is 1. The van der Waals surface area contributed by atoms with E-state index in [0.29, 0.717) is 30.6 Å². The van der Waals surface area contributed by atoms with Crippen LogP contribution in [-0.2, 0) is 4.79 Å². The zero-order valence-electron chi connectivity index (χ0n) is 13.1. The molecule has 1 atom stereocenters. The Morgan fingerprint density at radius 1 is 1.17 bits per heavy atom. The Kier molecular flexibility index (Phi) is 5.44. The van der Waals surface area contributed by atoms with Crippen molar-refractivity contribution >= 4 is 23.6 Å². The highest BCUT2D eigenvalue weighted by molar-refractivity contribution is 6.19. The summed E-state index contributed by atoms with van der Waals surface area (Å²) in [5, 5.41) is 3.07. The lowest BCUT2D eigenvalue weighted by Crippen LogP contribution is -2.34. The molecule has 1 aliphatic heterocycles. The van der Waals surface area contributed by atoms with Gasteiger partial charge in [-0.2, -0.15) is 0 Å². The van der Waals surface area contributed by atoms with E-state index in [1.165, 1.54) is 19.3 Å². The number of fused-ring (bicyclic) bond motifs is 1. The number of ether oxygens (including phenoxy) is 2. The number of carbonyl (C=O) groups is 1. The van der Waals surface area contributed by atoms with Gasteiger partial charge in [0.2, 0.25) is 5.91 Å². The maximum atomic E-state index is 12.0. The number of benzene rings is 1. The molecule has 0 aromatic heterocycles. The molecule has 4 nitrogen and oxygen atoms in total. The Morgan fingerprint density at radius 2 is 2.00 bits per heavy atom.